The maximum atomic E-state index is 12.9. The third kappa shape index (κ3) is 5.10. The Kier molecular flexibility index (Phi) is 6.07. The Labute approximate surface area is 152 Å². The van der Waals surface area contributed by atoms with Crippen molar-refractivity contribution in [3.8, 4) is 0 Å². The summed E-state index contributed by atoms with van der Waals surface area (Å²) in [6.07, 6.45) is 1.86. The largest absolute Gasteiger partial charge is 0.310 e. The number of benzene rings is 3. The molecule has 0 spiro atoms. The summed E-state index contributed by atoms with van der Waals surface area (Å²) in [5, 5.41) is 1.96. The Morgan fingerprint density at radius 1 is 0.800 bits per heavy atom. The monoisotopic (exact) mass is 345 g/mol. The summed E-state index contributed by atoms with van der Waals surface area (Å²) in [7, 11) is 0. The molecule has 1 amide bonds. The third-order valence-corrected chi connectivity index (χ3v) is 4.47. The molecule has 0 N–H and O–H groups in total. The van der Waals surface area contributed by atoms with Crippen LogP contribution in [-0.4, -0.2) is 10.8 Å². The van der Waals surface area contributed by atoms with Crippen molar-refractivity contribution in [3.05, 3.63) is 114 Å². The van der Waals surface area contributed by atoms with Gasteiger partial charge in [-0.1, -0.05) is 78.5 Å². The Bertz CT molecular complexity index is 816. The van der Waals surface area contributed by atoms with Gasteiger partial charge in [0, 0.05) is 16.7 Å². The summed E-state index contributed by atoms with van der Waals surface area (Å²) in [6, 6.07) is 29.5. The first-order valence-corrected chi connectivity index (χ1v) is 8.99. The van der Waals surface area contributed by atoms with Crippen LogP contribution in [0.1, 0.15) is 15.9 Å². The molecule has 3 heteroatoms. The van der Waals surface area contributed by atoms with E-state index in [2.05, 4.69) is 12.1 Å². The molecule has 3 rings (SSSR count). The van der Waals surface area contributed by atoms with Crippen molar-refractivity contribution in [2.24, 2.45) is 0 Å². The van der Waals surface area contributed by atoms with Crippen molar-refractivity contribution < 1.29 is 4.79 Å². The maximum absolute atomic E-state index is 12.9. The normalized spacial score (nSPS) is 10.7. The van der Waals surface area contributed by atoms with Crippen LogP contribution in [0.25, 0.3) is 0 Å². The molecule has 2 nitrogen and oxygen atoms in total. The molecule has 0 aromatic heterocycles. The van der Waals surface area contributed by atoms with Crippen LogP contribution in [0.3, 0.4) is 0 Å². The highest BCUT2D eigenvalue weighted by molar-refractivity contribution is 8.02. The Balaban J connectivity index is 1.77. The van der Waals surface area contributed by atoms with Crippen molar-refractivity contribution in [1.29, 1.82) is 0 Å². The highest BCUT2D eigenvalue weighted by atomic mass is 32.2. The molecule has 0 fully saturated rings. The van der Waals surface area contributed by atoms with Gasteiger partial charge in [-0.3, -0.25) is 4.79 Å². The number of thioether (sulfide) groups is 1. The summed E-state index contributed by atoms with van der Waals surface area (Å²) in [5.41, 5.74) is 1.79. The zero-order valence-corrected chi connectivity index (χ0v) is 14.6. The summed E-state index contributed by atoms with van der Waals surface area (Å²) >= 11 is 1.60. The topological polar surface area (TPSA) is 20.3 Å². The number of nitrogens with zero attached hydrogens (tertiary/aromatic N) is 1. The quantitative estimate of drug-likeness (QED) is 0.543. The number of amides is 1. The molecule has 0 saturated carbocycles. The average Bonchev–Trinajstić information content (AvgIpc) is 2.69. The van der Waals surface area contributed by atoms with E-state index in [1.165, 1.54) is 0 Å². The molecule has 3 aromatic carbocycles. The molecule has 0 bridgehead atoms. The van der Waals surface area contributed by atoms with Crippen molar-refractivity contribution in [3.63, 3.8) is 0 Å². The lowest BCUT2D eigenvalue weighted by atomic mass is 10.1. The van der Waals surface area contributed by atoms with Crippen molar-refractivity contribution in [2.75, 3.05) is 0 Å². The van der Waals surface area contributed by atoms with Crippen LogP contribution in [0.5, 0.6) is 0 Å². The van der Waals surface area contributed by atoms with Gasteiger partial charge in [-0.15, -0.1) is 0 Å². The number of carbonyl (C=O) groups excluding carboxylic acids is 1. The van der Waals surface area contributed by atoms with Gasteiger partial charge in [0.05, 0.1) is 6.54 Å². The molecule has 25 heavy (non-hydrogen) atoms. The summed E-state index contributed by atoms with van der Waals surface area (Å²) in [5.74, 6) is -0.00522. The lowest BCUT2D eigenvalue weighted by molar-refractivity contribution is 0.0814. The fraction of sp³-hybridized carbons (Fsp3) is 0.0455. The predicted molar refractivity (Wildman–Crippen MR) is 104 cm³/mol. The van der Waals surface area contributed by atoms with Gasteiger partial charge in [0.15, 0.2) is 0 Å². The van der Waals surface area contributed by atoms with E-state index in [9.17, 15) is 4.79 Å². The predicted octanol–water partition coefficient (Wildman–Crippen LogP) is 5.59. The summed E-state index contributed by atoms with van der Waals surface area (Å²) < 4.78 is 0. The van der Waals surface area contributed by atoms with Gasteiger partial charge in [-0.2, -0.15) is 0 Å². The van der Waals surface area contributed by atoms with Gasteiger partial charge in [0.25, 0.3) is 5.91 Å². The van der Waals surface area contributed by atoms with Crippen LogP contribution in [0, 0.1) is 0 Å². The molecule has 0 aliphatic carbocycles. The lowest BCUT2D eigenvalue weighted by Gasteiger charge is -2.18. The highest BCUT2D eigenvalue weighted by Gasteiger charge is 2.13. The Morgan fingerprint density at radius 3 is 2.00 bits per heavy atom. The fourth-order valence-corrected chi connectivity index (χ4v) is 3.08. The number of hydrogen-bond acceptors (Lipinski definition) is 2. The molecule has 0 radical (unpaired) electrons. The number of hydrogen-bond donors (Lipinski definition) is 0. The van der Waals surface area contributed by atoms with Gasteiger partial charge in [0.1, 0.15) is 0 Å². The molecule has 0 atom stereocenters. The number of carbonyl (C=O) groups is 1. The van der Waals surface area contributed by atoms with Gasteiger partial charge < -0.3 is 4.90 Å². The van der Waals surface area contributed by atoms with Gasteiger partial charge in [-0.25, -0.2) is 0 Å². The molecule has 0 aliphatic heterocycles. The van der Waals surface area contributed by atoms with E-state index in [0.29, 0.717) is 12.1 Å². The maximum Gasteiger partial charge on any atom is 0.258 e. The van der Waals surface area contributed by atoms with Crippen LogP contribution in [-0.2, 0) is 6.54 Å². The van der Waals surface area contributed by atoms with E-state index >= 15 is 0 Å². The van der Waals surface area contributed by atoms with Crippen LogP contribution >= 0.6 is 11.8 Å². The molecular weight excluding hydrogens is 326 g/mol. The zero-order chi connectivity index (χ0) is 17.3. The standard InChI is InChI=1S/C22H19NOS/c24-22(20-12-6-2-7-13-20)23(18-19-10-4-1-5-11-19)16-17-25-21-14-8-3-9-15-21/h1-17H,18H2/b17-16+. The first kappa shape index (κ1) is 17.1. The van der Waals surface area contributed by atoms with Crippen LogP contribution < -0.4 is 0 Å². The molecule has 0 saturated heterocycles. The Hall–Kier alpha value is -2.78. The first-order chi connectivity index (χ1) is 12.3. The lowest BCUT2D eigenvalue weighted by Crippen LogP contribution is -2.25. The second-order valence-electron chi connectivity index (χ2n) is 5.50. The first-order valence-electron chi connectivity index (χ1n) is 8.11. The van der Waals surface area contributed by atoms with Crippen molar-refractivity contribution in [1.82, 2.24) is 4.90 Å². The van der Waals surface area contributed by atoms with Gasteiger partial charge in [0.2, 0.25) is 0 Å². The zero-order valence-electron chi connectivity index (χ0n) is 13.8. The minimum Gasteiger partial charge on any atom is -0.310 e. The highest BCUT2D eigenvalue weighted by Crippen LogP contribution is 2.19. The van der Waals surface area contributed by atoms with E-state index in [-0.39, 0.29) is 5.91 Å². The summed E-state index contributed by atoms with van der Waals surface area (Å²) in [6.45, 7) is 0.542. The molecule has 124 valence electrons. The molecule has 0 heterocycles. The van der Waals surface area contributed by atoms with E-state index < -0.39 is 0 Å². The van der Waals surface area contributed by atoms with Gasteiger partial charge >= 0.3 is 0 Å². The third-order valence-electron chi connectivity index (χ3n) is 3.67. The van der Waals surface area contributed by atoms with E-state index in [0.717, 1.165) is 10.5 Å². The van der Waals surface area contributed by atoms with E-state index in [1.807, 2.05) is 90.5 Å². The van der Waals surface area contributed by atoms with Crippen LogP contribution in [0.2, 0.25) is 0 Å². The van der Waals surface area contributed by atoms with Crippen molar-refractivity contribution >= 4 is 17.7 Å². The minimum absolute atomic E-state index is 0.00522. The average molecular weight is 345 g/mol. The van der Waals surface area contributed by atoms with Crippen molar-refractivity contribution in [2.45, 2.75) is 11.4 Å². The van der Waals surface area contributed by atoms with Gasteiger partial charge in [-0.05, 0) is 35.2 Å². The molecule has 3 aromatic rings. The van der Waals surface area contributed by atoms with Crippen LogP contribution in [0.4, 0.5) is 0 Å². The SMILES string of the molecule is O=C(c1ccccc1)N(/C=C/Sc1ccccc1)Cc1ccccc1. The number of rotatable bonds is 6. The molecular formula is C22H19NOS. The second kappa shape index (κ2) is 8.90. The van der Waals surface area contributed by atoms with E-state index in [1.54, 1.807) is 16.7 Å². The Morgan fingerprint density at radius 2 is 1.36 bits per heavy atom. The van der Waals surface area contributed by atoms with E-state index in [4.69, 9.17) is 0 Å². The molecule has 0 unspecified atom stereocenters. The fourth-order valence-electron chi connectivity index (χ4n) is 2.40. The molecule has 0 aliphatic rings. The second-order valence-corrected chi connectivity index (χ2v) is 6.48. The van der Waals surface area contributed by atoms with Crippen LogP contribution in [0.15, 0.2) is 107 Å². The smallest absolute Gasteiger partial charge is 0.258 e. The minimum atomic E-state index is -0.00522. The summed E-state index contributed by atoms with van der Waals surface area (Å²) in [4.78, 5) is 15.8.